The minimum Gasteiger partial charge on any atom is -0.406 e. The van der Waals surface area contributed by atoms with Gasteiger partial charge in [-0.05, 0) is 159 Å². The molecule has 2 N–H and O–H groups in total. The van der Waals surface area contributed by atoms with Gasteiger partial charge in [0.1, 0.15) is 5.75 Å². The van der Waals surface area contributed by atoms with Gasteiger partial charge in [0.2, 0.25) is 5.91 Å². The first-order chi connectivity index (χ1) is 23.8. The minimum atomic E-state index is -4.76. The Bertz CT molecular complexity index is 1920. The zero-order chi connectivity index (χ0) is 36.5. The van der Waals surface area contributed by atoms with Crippen molar-refractivity contribution >= 4 is 34.1 Å². The molecule has 4 saturated carbocycles. The summed E-state index contributed by atoms with van der Waals surface area (Å²) in [5.74, 6) is 1.62. The molecule has 9 atom stereocenters. The van der Waals surface area contributed by atoms with Crippen LogP contribution < -0.4 is 10.1 Å². The lowest BCUT2D eigenvalue weighted by Gasteiger charge is -2.72. The fraction of sp³-hybridized carbons (Fsp3) is 0.605. The maximum absolute atomic E-state index is 14.6. The largest absolute Gasteiger partial charge is 0.573 e. The van der Waals surface area contributed by atoms with Crippen molar-refractivity contribution in [3.05, 3.63) is 70.9 Å². The molecule has 274 valence electrons. The number of aromatic amines is 1. The summed E-state index contributed by atoms with van der Waals surface area (Å²) in [7, 11) is 0. The molecule has 0 radical (unpaired) electrons. The standard InChI is InChI=1S/C43H52ClF3N2O2/c1-24(2)28-16-19-42(37(50)48-26-9-11-27(12-10-26)51-43(45,46)47)21-20-40(6)31(35(28)42)13-15-34-39(5)23-30-29-22-25(44)8-14-32(29)49-36(30)38(3,4)33(39)17-18-41(34,40)7/h8-12,14,22,28,31,33-35,49H,1,13,15-21,23H2,2-7H3,(H,48,50)/t28?,31?,33?,34?,35?,39-,40+,41+,42-/m0/s1. The van der Waals surface area contributed by atoms with Crippen LogP contribution in [-0.4, -0.2) is 17.3 Å². The molecule has 0 spiro atoms. The third-order valence-electron chi connectivity index (χ3n) is 16.1. The van der Waals surface area contributed by atoms with E-state index in [1.54, 1.807) is 0 Å². The molecule has 0 saturated heterocycles. The molecule has 0 aliphatic heterocycles. The summed E-state index contributed by atoms with van der Waals surface area (Å²) in [5, 5.41) is 5.20. The highest BCUT2D eigenvalue weighted by Crippen LogP contribution is 2.77. The molecule has 5 aliphatic rings. The Labute approximate surface area is 305 Å². The Morgan fingerprint density at radius 2 is 1.65 bits per heavy atom. The fourth-order valence-corrected chi connectivity index (χ4v) is 14.0. The molecule has 1 amide bonds. The summed E-state index contributed by atoms with van der Waals surface area (Å²) in [6.07, 6.45) is 4.46. The number of hydrogen-bond acceptors (Lipinski definition) is 2. The van der Waals surface area contributed by atoms with Gasteiger partial charge < -0.3 is 15.0 Å². The third kappa shape index (κ3) is 4.94. The number of halogens is 4. The lowest BCUT2D eigenvalue weighted by Crippen LogP contribution is -2.67. The van der Waals surface area contributed by atoms with E-state index in [4.69, 9.17) is 11.6 Å². The van der Waals surface area contributed by atoms with Crippen molar-refractivity contribution in [3.63, 3.8) is 0 Å². The van der Waals surface area contributed by atoms with E-state index in [9.17, 15) is 18.0 Å². The van der Waals surface area contributed by atoms with Gasteiger partial charge in [0.15, 0.2) is 0 Å². The number of rotatable bonds is 4. The molecule has 8 heteroatoms. The number of fused-ring (bicyclic) bond motifs is 10. The van der Waals surface area contributed by atoms with E-state index >= 15 is 0 Å². The summed E-state index contributed by atoms with van der Waals surface area (Å²) in [5.41, 5.74) is 5.41. The van der Waals surface area contributed by atoms with Crippen molar-refractivity contribution in [3.8, 4) is 5.75 Å². The highest BCUT2D eigenvalue weighted by molar-refractivity contribution is 6.31. The van der Waals surface area contributed by atoms with Crippen LogP contribution in [0.3, 0.4) is 0 Å². The number of benzene rings is 2. The van der Waals surface area contributed by atoms with Crippen LogP contribution in [0.2, 0.25) is 5.02 Å². The van der Waals surface area contributed by atoms with Crippen LogP contribution in [-0.2, 0) is 16.6 Å². The van der Waals surface area contributed by atoms with Crippen LogP contribution in [0.25, 0.3) is 10.9 Å². The van der Waals surface area contributed by atoms with Crippen LogP contribution in [0.15, 0.2) is 54.6 Å². The molecule has 5 unspecified atom stereocenters. The first kappa shape index (κ1) is 35.1. The maximum atomic E-state index is 14.6. The van der Waals surface area contributed by atoms with Gasteiger partial charge in [-0.15, -0.1) is 13.2 Å². The number of carbonyl (C=O) groups excluding carboxylic acids is 1. The van der Waals surface area contributed by atoms with E-state index in [2.05, 4.69) is 75.3 Å². The fourth-order valence-electron chi connectivity index (χ4n) is 13.8. The van der Waals surface area contributed by atoms with Crippen molar-refractivity contribution in [1.29, 1.82) is 0 Å². The van der Waals surface area contributed by atoms with Crippen LogP contribution >= 0.6 is 11.6 Å². The number of alkyl halides is 3. The van der Waals surface area contributed by atoms with Gasteiger partial charge in [0.05, 0.1) is 5.41 Å². The van der Waals surface area contributed by atoms with Gasteiger partial charge in [-0.2, -0.15) is 0 Å². The number of carbonyl (C=O) groups is 1. The van der Waals surface area contributed by atoms with E-state index in [0.717, 1.165) is 55.5 Å². The SMILES string of the molecule is C=C(C)C1CC[C@]2(C(=O)Nc3ccc(OC(F)(F)F)cc3)CC[C@]3(C)C(CCC4[C@@]5(C)Cc6c([nH]c7ccc(Cl)cc67)C(C)(C)C5CC[C@]43C)C12. The third-order valence-corrected chi connectivity index (χ3v) is 16.3. The Morgan fingerprint density at radius 1 is 0.922 bits per heavy atom. The number of H-pyrrole nitrogens is 1. The molecule has 8 rings (SSSR count). The lowest BCUT2D eigenvalue weighted by atomic mass is 9.32. The number of aromatic nitrogens is 1. The first-order valence-corrected chi connectivity index (χ1v) is 19.4. The van der Waals surface area contributed by atoms with Crippen molar-refractivity contribution in [2.75, 3.05) is 5.32 Å². The monoisotopic (exact) mass is 720 g/mol. The normalized spacial score (nSPS) is 38.1. The highest BCUT2D eigenvalue weighted by Gasteiger charge is 2.72. The number of hydrogen-bond donors (Lipinski definition) is 2. The molecule has 4 nitrogen and oxygen atoms in total. The minimum absolute atomic E-state index is 0.000290. The predicted molar refractivity (Wildman–Crippen MR) is 198 cm³/mol. The van der Waals surface area contributed by atoms with Crippen LogP contribution in [0.1, 0.15) is 104 Å². The average molecular weight is 721 g/mol. The molecule has 4 fully saturated rings. The van der Waals surface area contributed by atoms with Gasteiger partial charge in [0, 0.05) is 32.7 Å². The molecule has 2 aromatic carbocycles. The maximum Gasteiger partial charge on any atom is 0.573 e. The highest BCUT2D eigenvalue weighted by atomic mass is 35.5. The van der Waals surface area contributed by atoms with Crippen LogP contribution in [0, 0.1) is 51.2 Å². The second-order valence-corrected chi connectivity index (χ2v) is 18.9. The summed E-state index contributed by atoms with van der Waals surface area (Å²) in [6.45, 7) is 19.3. The van der Waals surface area contributed by atoms with Gasteiger partial charge in [-0.3, -0.25) is 4.79 Å². The van der Waals surface area contributed by atoms with Crippen molar-refractivity contribution in [2.24, 2.45) is 51.2 Å². The number of allylic oxidation sites excluding steroid dienone is 1. The molecule has 5 aliphatic carbocycles. The zero-order valence-corrected chi connectivity index (χ0v) is 31.6. The van der Waals surface area contributed by atoms with E-state index in [1.165, 1.54) is 59.3 Å². The second kappa shape index (κ2) is 11.3. The molecular weight excluding hydrogens is 669 g/mol. The Morgan fingerprint density at radius 3 is 2.33 bits per heavy atom. The smallest absolute Gasteiger partial charge is 0.406 e. The Balaban J connectivity index is 1.13. The number of amides is 1. The van der Waals surface area contributed by atoms with E-state index in [1.807, 2.05) is 6.07 Å². The van der Waals surface area contributed by atoms with Crippen LogP contribution in [0.5, 0.6) is 5.75 Å². The van der Waals surface area contributed by atoms with Crippen LogP contribution in [0.4, 0.5) is 18.9 Å². The Kier molecular flexibility index (Phi) is 7.77. The molecule has 1 aromatic heterocycles. The summed E-state index contributed by atoms with van der Waals surface area (Å²) < 4.78 is 42.4. The van der Waals surface area contributed by atoms with Crippen molar-refractivity contribution < 1.29 is 22.7 Å². The second-order valence-electron chi connectivity index (χ2n) is 18.4. The number of anilines is 1. The lowest BCUT2D eigenvalue weighted by molar-refractivity contribution is -0.274. The molecule has 0 bridgehead atoms. The van der Waals surface area contributed by atoms with Gasteiger partial charge in [0.25, 0.3) is 0 Å². The number of nitrogens with one attached hydrogen (secondary N) is 2. The quantitative estimate of drug-likeness (QED) is 0.264. The molecule has 51 heavy (non-hydrogen) atoms. The first-order valence-electron chi connectivity index (χ1n) is 19.0. The Hall–Kier alpha value is -2.93. The number of ether oxygens (including phenoxy) is 1. The van der Waals surface area contributed by atoms with E-state index in [0.29, 0.717) is 23.4 Å². The van der Waals surface area contributed by atoms with Gasteiger partial charge in [-0.1, -0.05) is 58.4 Å². The van der Waals surface area contributed by atoms with Gasteiger partial charge >= 0.3 is 6.36 Å². The summed E-state index contributed by atoms with van der Waals surface area (Å²) in [6, 6.07) is 11.8. The molecule has 1 heterocycles. The van der Waals surface area contributed by atoms with E-state index in [-0.39, 0.29) is 45.2 Å². The molecular formula is C43H52ClF3N2O2. The summed E-state index contributed by atoms with van der Waals surface area (Å²) in [4.78, 5) is 18.4. The predicted octanol–water partition coefficient (Wildman–Crippen LogP) is 12.0. The van der Waals surface area contributed by atoms with E-state index < -0.39 is 11.8 Å². The van der Waals surface area contributed by atoms with Crippen molar-refractivity contribution in [1.82, 2.24) is 4.98 Å². The summed E-state index contributed by atoms with van der Waals surface area (Å²) >= 11 is 6.58. The van der Waals surface area contributed by atoms with Crippen molar-refractivity contribution in [2.45, 2.75) is 111 Å². The topological polar surface area (TPSA) is 54.1 Å². The average Bonchev–Trinajstić information content (AvgIpc) is 3.61. The molecule has 3 aromatic rings. The zero-order valence-electron chi connectivity index (χ0n) is 30.8. The van der Waals surface area contributed by atoms with Gasteiger partial charge in [-0.25, -0.2) is 0 Å².